The number of ether oxygens (including phenoxy) is 1. The van der Waals surface area contributed by atoms with Gasteiger partial charge in [0.2, 0.25) is 0 Å². The minimum absolute atomic E-state index is 0.0213. The standard InChI is InChI=1S/C16H23NO5/c1-3-10(4-2)13-8-12(5-6-21-13)17-15(18)14-7-11(9-22-14)16(19)20/h7,9-10,12-13H,3-6,8H2,1-2H3,(H,17,18)(H,19,20). The van der Waals surface area contributed by atoms with Gasteiger partial charge in [0.1, 0.15) is 6.26 Å². The minimum atomic E-state index is -1.11. The maximum absolute atomic E-state index is 12.1. The van der Waals surface area contributed by atoms with E-state index in [1.807, 2.05) is 0 Å². The van der Waals surface area contributed by atoms with Crippen LogP contribution in [0.5, 0.6) is 0 Å². The summed E-state index contributed by atoms with van der Waals surface area (Å²) in [6.45, 7) is 4.93. The highest BCUT2D eigenvalue weighted by molar-refractivity contribution is 5.95. The fraction of sp³-hybridized carbons (Fsp3) is 0.625. The SMILES string of the molecule is CCC(CC)C1CC(NC(=O)c2cc(C(=O)O)co2)CCO1. The van der Waals surface area contributed by atoms with Gasteiger partial charge < -0.3 is 19.6 Å². The molecule has 0 spiro atoms. The highest BCUT2D eigenvalue weighted by Gasteiger charge is 2.29. The van der Waals surface area contributed by atoms with Gasteiger partial charge in [0, 0.05) is 18.7 Å². The molecule has 2 N–H and O–H groups in total. The van der Waals surface area contributed by atoms with E-state index in [1.165, 1.54) is 6.07 Å². The van der Waals surface area contributed by atoms with Crippen molar-refractivity contribution in [1.82, 2.24) is 5.32 Å². The Morgan fingerprint density at radius 3 is 2.73 bits per heavy atom. The van der Waals surface area contributed by atoms with Crippen molar-refractivity contribution in [3.63, 3.8) is 0 Å². The van der Waals surface area contributed by atoms with E-state index in [0.29, 0.717) is 12.5 Å². The Morgan fingerprint density at radius 2 is 2.14 bits per heavy atom. The van der Waals surface area contributed by atoms with Gasteiger partial charge in [-0.25, -0.2) is 4.79 Å². The number of hydrogen-bond acceptors (Lipinski definition) is 4. The topological polar surface area (TPSA) is 88.8 Å². The molecule has 1 fully saturated rings. The minimum Gasteiger partial charge on any atom is -0.478 e. The van der Waals surface area contributed by atoms with E-state index in [9.17, 15) is 9.59 Å². The van der Waals surface area contributed by atoms with E-state index in [4.69, 9.17) is 14.3 Å². The number of carbonyl (C=O) groups is 2. The maximum atomic E-state index is 12.1. The third kappa shape index (κ3) is 3.88. The molecule has 6 nitrogen and oxygen atoms in total. The summed E-state index contributed by atoms with van der Waals surface area (Å²) in [5.74, 6) is -0.949. The van der Waals surface area contributed by atoms with Crippen LogP contribution in [0.3, 0.4) is 0 Å². The number of aromatic carboxylic acids is 1. The molecular formula is C16H23NO5. The lowest BCUT2D eigenvalue weighted by atomic mass is 9.89. The molecular weight excluding hydrogens is 286 g/mol. The average Bonchev–Trinajstić information content (AvgIpc) is 2.99. The molecule has 122 valence electrons. The summed E-state index contributed by atoms with van der Waals surface area (Å²) in [7, 11) is 0. The Hall–Kier alpha value is -1.82. The number of carboxylic acid groups (broad SMARTS) is 1. The first-order chi connectivity index (χ1) is 10.5. The molecule has 1 saturated heterocycles. The molecule has 1 aliphatic rings. The van der Waals surface area contributed by atoms with Gasteiger partial charge in [-0.05, 0) is 18.8 Å². The van der Waals surface area contributed by atoms with Crippen LogP contribution in [0.25, 0.3) is 0 Å². The van der Waals surface area contributed by atoms with E-state index in [-0.39, 0.29) is 29.4 Å². The summed E-state index contributed by atoms with van der Waals surface area (Å²) >= 11 is 0. The normalized spacial score (nSPS) is 21.8. The molecule has 22 heavy (non-hydrogen) atoms. The van der Waals surface area contributed by atoms with Crippen LogP contribution in [-0.2, 0) is 4.74 Å². The lowest BCUT2D eigenvalue weighted by Gasteiger charge is -2.34. The number of carboxylic acids is 1. The monoisotopic (exact) mass is 309 g/mol. The van der Waals surface area contributed by atoms with Crippen LogP contribution >= 0.6 is 0 Å². The Bertz CT molecular complexity index is 520. The van der Waals surface area contributed by atoms with Crippen molar-refractivity contribution in [2.45, 2.75) is 51.7 Å². The van der Waals surface area contributed by atoms with Gasteiger partial charge in [-0.2, -0.15) is 0 Å². The lowest BCUT2D eigenvalue weighted by molar-refractivity contribution is -0.0338. The van der Waals surface area contributed by atoms with E-state index in [2.05, 4.69) is 19.2 Å². The van der Waals surface area contributed by atoms with E-state index >= 15 is 0 Å². The molecule has 0 aliphatic carbocycles. The molecule has 2 unspecified atom stereocenters. The second kappa shape index (κ2) is 7.45. The van der Waals surface area contributed by atoms with Gasteiger partial charge in [-0.1, -0.05) is 26.7 Å². The Morgan fingerprint density at radius 1 is 1.41 bits per heavy atom. The van der Waals surface area contributed by atoms with Crippen LogP contribution in [0.4, 0.5) is 0 Å². The number of rotatable bonds is 6. The molecule has 0 aromatic carbocycles. The van der Waals surface area contributed by atoms with Crippen LogP contribution in [0, 0.1) is 5.92 Å². The van der Waals surface area contributed by atoms with Gasteiger partial charge >= 0.3 is 5.97 Å². The van der Waals surface area contributed by atoms with Gasteiger partial charge in [-0.3, -0.25) is 4.79 Å². The van der Waals surface area contributed by atoms with Crippen LogP contribution in [0.1, 0.15) is 60.4 Å². The zero-order valence-corrected chi connectivity index (χ0v) is 13.0. The fourth-order valence-corrected chi connectivity index (χ4v) is 2.93. The molecule has 2 rings (SSSR count). The molecule has 1 aliphatic heterocycles. The first-order valence-electron chi connectivity index (χ1n) is 7.79. The summed E-state index contributed by atoms with van der Waals surface area (Å²) in [6.07, 6.45) is 4.90. The van der Waals surface area contributed by atoms with Gasteiger partial charge in [0.25, 0.3) is 5.91 Å². The van der Waals surface area contributed by atoms with Crippen LogP contribution in [-0.4, -0.2) is 35.7 Å². The summed E-state index contributed by atoms with van der Waals surface area (Å²) in [6, 6.07) is 1.28. The molecule has 2 heterocycles. The summed E-state index contributed by atoms with van der Waals surface area (Å²) in [5.41, 5.74) is -0.0213. The Labute approximate surface area is 129 Å². The van der Waals surface area contributed by atoms with Crippen molar-refractivity contribution < 1.29 is 23.8 Å². The molecule has 0 radical (unpaired) electrons. The number of hydrogen-bond donors (Lipinski definition) is 2. The maximum Gasteiger partial charge on any atom is 0.338 e. The van der Waals surface area contributed by atoms with Crippen molar-refractivity contribution in [2.75, 3.05) is 6.61 Å². The first kappa shape index (κ1) is 16.5. The summed E-state index contributed by atoms with van der Waals surface area (Å²) < 4.78 is 10.8. The quantitative estimate of drug-likeness (QED) is 0.843. The Kier molecular flexibility index (Phi) is 5.60. The fourth-order valence-electron chi connectivity index (χ4n) is 2.93. The van der Waals surface area contributed by atoms with Crippen molar-refractivity contribution in [2.24, 2.45) is 5.92 Å². The molecule has 1 aromatic heterocycles. The molecule has 2 atom stereocenters. The first-order valence-corrected chi connectivity index (χ1v) is 7.79. The Balaban J connectivity index is 1.94. The van der Waals surface area contributed by atoms with Gasteiger partial charge in [0.15, 0.2) is 5.76 Å². The van der Waals surface area contributed by atoms with Crippen molar-refractivity contribution in [3.05, 3.63) is 23.7 Å². The number of amides is 1. The highest BCUT2D eigenvalue weighted by atomic mass is 16.5. The van der Waals surface area contributed by atoms with Crippen LogP contribution in [0.2, 0.25) is 0 Å². The van der Waals surface area contributed by atoms with E-state index < -0.39 is 5.97 Å². The third-order valence-corrected chi connectivity index (χ3v) is 4.30. The van der Waals surface area contributed by atoms with Gasteiger partial charge in [0.05, 0.1) is 11.7 Å². The van der Waals surface area contributed by atoms with E-state index in [0.717, 1.165) is 31.9 Å². The number of furan rings is 1. The molecule has 1 aromatic rings. The van der Waals surface area contributed by atoms with Gasteiger partial charge in [-0.15, -0.1) is 0 Å². The summed E-state index contributed by atoms with van der Waals surface area (Å²) in [4.78, 5) is 22.9. The molecule has 0 saturated carbocycles. The van der Waals surface area contributed by atoms with Crippen LogP contribution in [0.15, 0.2) is 16.7 Å². The predicted octanol–water partition coefficient (Wildman–Crippen LogP) is 2.69. The van der Waals surface area contributed by atoms with Crippen molar-refractivity contribution in [1.29, 1.82) is 0 Å². The predicted molar refractivity (Wildman–Crippen MR) is 80.0 cm³/mol. The smallest absolute Gasteiger partial charge is 0.338 e. The number of nitrogens with one attached hydrogen (secondary N) is 1. The second-order valence-corrected chi connectivity index (χ2v) is 5.69. The third-order valence-electron chi connectivity index (χ3n) is 4.30. The molecule has 0 bridgehead atoms. The number of carbonyl (C=O) groups excluding carboxylic acids is 1. The lowest BCUT2D eigenvalue weighted by Crippen LogP contribution is -2.44. The zero-order chi connectivity index (χ0) is 16.1. The van der Waals surface area contributed by atoms with Crippen molar-refractivity contribution >= 4 is 11.9 Å². The summed E-state index contributed by atoms with van der Waals surface area (Å²) in [5, 5.41) is 11.8. The molecule has 1 amide bonds. The van der Waals surface area contributed by atoms with Crippen molar-refractivity contribution in [3.8, 4) is 0 Å². The second-order valence-electron chi connectivity index (χ2n) is 5.69. The zero-order valence-electron chi connectivity index (χ0n) is 13.0. The van der Waals surface area contributed by atoms with Crippen LogP contribution < -0.4 is 5.32 Å². The highest BCUT2D eigenvalue weighted by Crippen LogP contribution is 2.25. The molecule has 6 heteroatoms. The largest absolute Gasteiger partial charge is 0.478 e. The average molecular weight is 309 g/mol. The van der Waals surface area contributed by atoms with E-state index in [1.54, 1.807) is 0 Å².